The minimum absolute atomic E-state index is 0.277. The molecule has 0 spiro atoms. The second-order valence-electron chi connectivity index (χ2n) is 5.49. The predicted octanol–water partition coefficient (Wildman–Crippen LogP) is 4.03. The third kappa shape index (κ3) is 2.96. The van der Waals surface area contributed by atoms with Gasteiger partial charge in [0.2, 0.25) is 0 Å². The van der Waals surface area contributed by atoms with E-state index in [-0.39, 0.29) is 6.04 Å². The predicted molar refractivity (Wildman–Crippen MR) is 80.9 cm³/mol. The van der Waals surface area contributed by atoms with E-state index in [0.29, 0.717) is 12.0 Å². The molecule has 1 aliphatic rings. The molecule has 3 unspecified atom stereocenters. The molecule has 1 fully saturated rings. The molecular weight excluding hydrogens is 258 g/mol. The molecule has 0 aliphatic carbocycles. The van der Waals surface area contributed by atoms with Crippen molar-refractivity contribution in [2.75, 3.05) is 13.7 Å². The van der Waals surface area contributed by atoms with Gasteiger partial charge in [0.05, 0.1) is 6.10 Å². The molecule has 3 heteroatoms. The van der Waals surface area contributed by atoms with Crippen LogP contribution in [0.1, 0.15) is 42.5 Å². The Bertz CT molecular complexity index is 447. The Morgan fingerprint density at radius 2 is 2.05 bits per heavy atom. The van der Waals surface area contributed by atoms with Crippen molar-refractivity contribution in [3.8, 4) is 0 Å². The highest BCUT2D eigenvalue weighted by Gasteiger charge is 2.34. The molecule has 0 amide bonds. The molecule has 0 aromatic heterocycles. The Morgan fingerprint density at radius 1 is 1.37 bits per heavy atom. The van der Waals surface area contributed by atoms with Crippen LogP contribution in [0.25, 0.3) is 0 Å². The molecule has 1 N–H and O–H groups in total. The van der Waals surface area contributed by atoms with E-state index >= 15 is 0 Å². The van der Waals surface area contributed by atoms with Crippen molar-refractivity contribution in [2.45, 2.75) is 45.8 Å². The summed E-state index contributed by atoms with van der Waals surface area (Å²) in [5.74, 6) is 0.509. The SMILES string of the molecule is CCC1OCCC1C(NC)c1cc(C)c(C)cc1Cl. The number of halogens is 1. The zero-order valence-electron chi connectivity index (χ0n) is 12.3. The number of aryl methyl sites for hydroxylation is 2. The molecule has 1 saturated heterocycles. The molecule has 0 radical (unpaired) electrons. The summed E-state index contributed by atoms with van der Waals surface area (Å²) in [5, 5.41) is 4.31. The summed E-state index contributed by atoms with van der Waals surface area (Å²) in [4.78, 5) is 0. The maximum absolute atomic E-state index is 6.46. The zero-order chi connectivity index (χ0) is 14.0. The first-order valence-corrected chi connectivity index (χ1v) is 7.51. The lowest BCUT2D eigenvalue weighted by Crippen LogP contribution is -2.31. The van der Waals surface area contributed by atoms with E-state index in [1.54, 1.807) is 0 Å². The second-order valence-corrected chi connectivity index (χ2v) is 5.90. The van der Waals surface area contributed by atoms with Crippen LogP contribution in [0, 0.1) is 19.8 Å². The Balaban J connectivity index is 2.34. The van der Waals surface area contributed by atoms with Gasteiger partial charge in [0.15, 0.2) is 0 Å². The molecule has 1 aromatic rings. The first-order chi connectivity index (χ1) is 9.08. The lowest BCUT2D eigenvalue weighted by molar-refractivity contribution is 0.0782. The van der Waals surface area contributed by atoms with Gasteiger partial charge in [0.1, 0.15) is 0 Å². The number of rotatable bonds is 4. The monoisotopic (exact) mass is 281 g/mol. The van der Waals surface area contributed by atoms with Crippen LogP contribution in [0.15, 0.2) is 12.1 Å². The molecule has 19 heavy (non-hydrogen) atoms. The van der Waals surface area contributed by atoms with E-state index < -0.39 is 0 Å². The summed E-state index contributed by atoms with van der Waals surface area (Å²) in [6, 6.07) is 4.58. The van der Waals surface area contributed by atoms with Crippen molar-refractivity contribution in [1.29, 1.82) is 0 Å². The van der Waals surface area contributed by atoms with Gasteiger partial charge in [-0.05, 0) is 56.5 Å². The Hall–Kier alpha value is -0.570. The third-order valence-electron chi connectivity index (χ3n) is 4.35. The molecule has 1 aromatic carbocycles. The van der Waals surface area contributed by atoms with Crippen LogP contribution >= 0.6 is 11.6 Å². The van der Waals surface area contributed by atoms with Crippen molar-refractivity contribution in [1.82, 2.24) is 5.32 Å². The first kappa shape index (κ1) is 14.8. The van der Waals surface area contributed by atoms with Crippen LogP contribution in [0.3, 0.4) is 0 Å². The van der Waals surface area contributed by atoms with Crippen LogP contribution in [-0.4, -0.2) is 19.8 Å². The minimum Gasteiger partial charge on any atom is -0.378 e. The van der Waals surface area contributed by atoms with Crippen LogP contribution < -0.4 is 5.32 Å². The normalized spacial score (nSPS) is 24.7. The Labute approximate surface area is 121 Å². The zero-order valence-corrected chi connectivity index (χ0v) is 13.1. The average molecular weight is 282 g/mol. The van der Waals surface area contributed by atoms with Gasteiger partial charge in [-0.15, -0.1) is 0 Å². The Kier molecular flexibility index (Phi) is 4.88. The van der Waals surface area contributed by atoms with Crippen LogP contribution in [0.5, 0.6) is 0 Å². The summed E-state index contributed by atoms with van der Waals surface area (Å²) < 4.78 is 5.83. The van der Waals surface area contributed by atoms with Crippen molar-refractivity contribution >= 4 is 11.6 Å². The van der Waals surface area contributed by atoms with Gasteiger partial charge < -0.3 is 10.1 Å². The quantitative estimate of drug-likeness (QED) is 0.900. The molecular formula is C16H24ClNO. The molecule has 2 rings (SSSR count). The maximum Gasteiger partial charge on any atom is 0.0619 e. The topological polar surface area (TPSA) is 21.3 Å². The fraction of sp³-hybridized carbons (Fsp3) is 0.625. The average Bonchev–Trinajstić information content (AvgIpc) is 2.84. The highest BCUT2D eigenvalue weighted by atomic mass is 35.5. The van der Waals surface area contributed by atoms with Gasteiger partial charge >= 0.3 is 0 Å². The Morgan fingerprint density at radius 3 is 2.68 bits per heavy atom. The van der Waals surface area contributed by atoms with E-state index in [1.165, 1.54) is 16.7 Å². The van der Waals surface area contributed by atoms with Crippen LogP contribution in [0.2, 0.25) is 5.02 Å². The molecule has 1 aliphatic heterocycles. The van der Waals surface area contributed by atoms with E-state index in [2.05, 4.69) is 38.2 Å². The van der Waals surface area contributed by atoms with Crippen molar-refractivity contribution in [3.05, 3.63) is 33.8 Å². The lowest BCUT2D eigenvalue weighted by atomic mass is 9.86. The number of hydrogen-bond donors (Lipinski definition) is 1. The fourth-order valence-electron chi connectivity index (χ4n) is 3.11. The van der Waals surface area contributed by atoms with Gasteiger partial charge in [-0.3, -0.25) is 0 Å². The molecule has 106 valence electrons. The number of ether oxygens (including phenoxy) is 1. The van der Waals surface area contributed by atoms with Crippen molar-refractivity contribution in [2.24, 2.45) is 5.92 Å². The standard InChI is InChI=1S/C16H24ClNO/c1-5-15-12(6-7-19-15)16(18-4)13-8-10(2)11(3)9-14(13)17/h8-9,12,15-16,18H,5-7H2,1-4H3. The lowest BCUT2D eigenvalue weighted by Gasteiger charge is -2.28. The summed E-state index contributed by atoms with van der Waals surface area (Å²) in [6.45, 7) is 7.30. The molecule has 1 heterocycles. The van der Waals surface area contributed by atoms with E-state index in [4.69, 9.17) is 16.3 Å². The van der Waals surface area contributed by atoms with Gasteiger partial charge in [0.25, 0.3) is 0 Å². The third-order valence-corrected chi connectivity index (χ3v) is 4.68. The highest BCUT2D eigenvalue weighted by Crippen LogP contribution is 2.38. The number of hydrogen-bond acceptors (Lipinski definition) is 2. The van der Waals surface area contributed by atoms with Crippen molar-refractivity contribution < 1.29 is 4.74 Å². The van der Waals surface area contributed by atoms with Gasteiger partial charge in [-0.2, -0.15) is 0 Å². The number of nitrogens with one attached hydrogen (secondary N) is 1. The minimum atomic E-state index is 0.277. The molecule has 2 nitrogen and oxygen atoms in total. The summed E-state index contributed by atoms with van der Waals surface area (Å²) in [5.41, 5.74) is 3.76. The summed E-state index contributed by atoms with van der Waals surface area (Å²) >= 11 is 6.46. The largest absolute Gasteiger partial charge is 0.378 e. The highest BCUT2D eigenvalue weighted by molar-refractivity contribution is 6.31. The van der Waals surface area contributed by atoms with Gasteiger partial charge in [-0.25, -0.2) is 0 Å². The maximum atomic E-state index is 6.46. The van der Waals surface area contributed by atoms with Crippen molar-refractivity contribution in [3.63, 3.8) is 0 Å². The van der Waals surface area contributed by atoms with Gasteiger partial charge in [-0.1, -0.05) is 24.6 Å². The first-order valence-electron chi connectivity index (χ1n) is 7.14. The smallest absolute Gasteiger partial charge is 0.0619 e. The second kappa shape index (κ2) is 6.25. The molecule has 3 atom stereocenters. The van der Waals surface area contributed by atoms with Crippen LogP contribution in [-0.2, 0) is 4.74 Å². The van der Waals surface area contributed by atoms with E-state index in [0.717, 1.165) is 24.5 Å². The van der Waals surface area contributed by atoms with Gasteiger partial charge in [0, 0.05) is 23.6 Å². The van der Waals surface area contributed by atoms with E-state index in [9.17, 15) is 0 Å². The summed E-state index contributed by atoms with van der Waals surface area (Å²) in [6.07, 6.45) is 2.51. The molecule has 0 bridgehead atoms. The summed E-state index contributed by atoms with van der Waals surface area (Å²) in [7, 11) is 2.02. The molecule has 0 saturated carbocycles. The van der Waals surface area contributed by atoms with Crippen LogP contribution in [0.4, 0.5) is 0 Å². The van der Waals surface area contributed by atoms with E-state index in [1.807, 2.05) is 7.05 Å². The fourth-order valence-corrected chi connectivity index (χ4v) is 3.44. The number of benzene rings is 1.